The predicted molar refractivity (Wildman–Crippen MR) is 175 cm³/mol. The molecule has 1 aliphatic rings. The smallest absolute Gasteiger partial charge is 0.114 e. The third kappa shape index (κ3) is 9.72. The van der Waals surface area contributed by atoms with Gasteiger partial charge in [-0.1, -0.05) is 69.5 Å². The second-order valence-electron chi connectivity index (χ2n) is 11.7. The molecule has 0 saturated heterocycles. The second kappa shape index (κ2) is 17.4. The topological polar surface area (TPSA) is 38.7 Å². The molecule has 3 rings (SSSR count). The summed E-state index contributed by atoms with van der Waals surface area (Å²) in [4.78, 5) is 0. The normalized spacial score (nSPS) is 16.6. The number of hydrogen-bond acceptors (Lipinski definition) is 3. The van der Waals surface area contributed by atoms with E-state index in [2.05, 4.69) is 69.5 Å². The maximum Gasteiger partial charge on any atom is 0.114 e. The third-order valence-corrected chi connectivity index (χ3v) is 8.64. The number of aryl methyl sites for hydroxylation is 3. The summed E-state index contributed by atoms with van der Waals surface area (Å²) in [6.45, 7) is 16.1. The number of aliphatic hydroxyl groups excluding tert-OH is 1. The summed E-state index contributed by atoms with van der Waals surface area (Å²) < 4.78 is 11.3. The van der Waals surface area contributed by atoms with Crippen LogP contribution in [0.3, 0.4) is 0 Å². The van der Waals surface area contributed by atoms with Crippen LogP contribution < -0.4 is 0 Å². The maximum atomic E-state index is 9.47. The number of ether oxygens (including phenoxy) is 2. The van der Waals surface area contributed by atoms with Gasteiger partial charge in [-0.15, -0.1) is 0 Å². The molecule has 2 aromatic rings. The van der Waals surface area contributed by atoms with Crippen molar-refractivity contribution in [3.05, 3.63) is 94.8 Å². The molecule has 1 aliphatic carbocycles. The van der Waals surface area contributed by atoms with Crippen molar-refractivity contribution in [2.75, 3.05) is 26.9 Å². The van der Waals surface area contributed by atoms with Crippen LogP contribution in [0.5, 0.6) is 0 Å². The van der Waals surface area contributed by atoms with Crippen molar-refractivity contribution in [2.45, 2.75) is 97.3 Å². The summed E-state index contributed by atoms with van der Waals surface area (Å²) >= 11 is 0. The summed E-state index contributed by atoms with van der Waals surface area (Å²) in [5, 5.41) is 9.47. The second-order valence-corrected chi connectivity index (χ2v) is 11.7. The van der Waals surface area contributed by atoms with Gasteiger partial charge in [0.1, 0.15) is 5.76 Å². The summed E-state index contributed by atoms with van der Waals surface area (Å²) in [5.41, 5.74) is 10.7. The van der Waals surface area contributed by atoms with E-state index in [-0.39, 0.29) is 6.61 Å². The number of aliphatic hydroxyl groups is 1. The Balaban J connectivity index is 1.97. The van der Waals surface area contributed by atoms with E-state index in [1.807, 2.05) is 6.92 Å². The molecule has 0 amide bonds. The van der Waals surface area contributed by atoms with Crippen LogP contribution in [-0.4, -0.2) is 32.0 Å². The molecule has 224 valence electrons. The van der Waals surface area contributed by atoms with Crippen LogP contribution in [0.2, 0.25) is 0 Å². The fraction of sp³-hybridized carbons (Fsp3) is 0.526. The molecule has 0 saturated carbocycles. The first-order chi connectivity index (χ1) is 19.9. The lowest BCUT2D eigenvalue weighted by Gasteiger charge is -2.24. The average molecular weight is 559 g/mol. The molecule has 0 fully saturated rings. The maximum absolute atomic E-state index is 9.47. The molecule has 2 aromatic carbocycles. The lowest BCUT2D eigenvalue weighted by Crippen LogP contribution is -2.08. The van der Waals surface area contributed by atoms with E-state index in [4.69, 9.17) is 9.47 Å². The van der Waals surface area contributed by atoms with Gasteiger partial charge >= 0.3 is 0 Å². The van der Waals surface area contributed by atoms with Gasteiger partial charge in [-0.25, -0.2) is 0 Å². The quantitative estimate of drug-likeness (QED) is 0.0857. The van der Waals surface area contributed by atoms with Crippen LogP contribution in [0.1, 0.15) is 99.5 Å². The lowest BCUT2D eigenvalue weighted by atomic mass is 9.81. The number of allylic oxidation sites excluding steroid dienone is 3. The first-order valence-electron chi connectivity index (χ1n) is 15.9. The number of rotatable bonds is 18. The van der Waals surface area contributed by atoms with Gasteiger partial charge in [0.15, 0.2) is 0 Å². The minimum atomic E-state index is 0.241. The molecule has 0 heterocycles. The summed E-state index contributed by atoms with van der Waals surface area (Å²) in [6, 6.07) is 12.1. The molecule has 2 atom stereocenters. The van der Waals surface area contributed by atoms with Crippen molar-refractivity contribution >= 4 is 0 Å². The molecule has 2 unspecified atom stereocenters. The van der Waals surface area contributed by atoms with E-state index in [0.717, 1.165) is 69.5 Å². The number of methoxy groups -OCH3 is 1. The molecule has 1 N–H and O–H groups in total. The largest absolute Gasteiger partial charge is 0.494 e. The molecule has 0 spiro atoms. The first kappa shape index (κ1) is 32.9. The molecular formula is C38H54O3. The van der Waals surface area contributed by atoms with Crippen LogP contribution in [0.4, 0.5) is 0 Å². The fourth-order valence-corrected chi connectivity index (χ4v) is 6.04. The highest BCUT2D eigenvalue weighted by Gasteiger charge is 2.19. The van der Waals surface area contributed by atoms with E-state index in [1.165, 1.54) is 58.2 Å². The van der Waals surface area contributed by atoms with Gasteiger partial charge in [-0.3, -0.25) is 0 Å². The van der Waals surface area contributed by atoms with Crippen LogP contribution in [0.25, 0.3) is 11.1 Å². The average Bonchev–Trinajstić information content (AvgIpc) is 2.99. The lowest BCUT2D eigenvalue weighted by molar-refractivity contribution is 0.195. The Morgan fingerprint density at radius 3 is 2.20 bits per heavy atom. The highest BCUT2D eigenvalue weighted by Crippen LogP contribution is 2.36. The van der Waals surface area contributed by atoms with Gasteiger partial charge < -0.3 is 14.6 Å². The van der Waals surface area contributed by atoms with Crippen LogP contribution in [0.15, 0.2) is 67.0 Å². The van der Waals surface area contributed by atoms with Gasteiger partial charge in [-0.2, -0.15) is 0 Å². The molecule has 41 heavy (non-hydrogen) atoms. The molecule has 0 radical (unpaired) electrons. The molecular weight excluding hydrogens is 504 g/mol. The van der Waals surface area contributed by atoms with Gasteiger partial charge in [0, 0.05) is 26.2 Å². The minimum Gasteiger partial charge on any atom is -0.494 e. The zero-order chi connectivity index (χ0) is 29.6. The van der Waals surface area contributed by atoms with E-state index in [1.54, 1.807) is 7.11 Å². The van der Waals surface area contributed by atoms with Crippen molar-refractivity contribution in [1.82, 2.24) is 0 Å². The summed E-state index contributed by atoms with van der Waals surface area (Å²) in [7, 11) is 1.78. The monoisotopic (exact) mass is 558 g/mol. The third-order valence-electron chi connectivity index (χ3n) is 8.64. The zero-order valence-electron chi connectivity index (χ0n) is 26.3. The van der Waals surface area contributed by atoms with Crippen LogP contribution >= 0.6 is 0 Å². The molecule has 0 bridgehead atoms. The predicted octanol–water partition coefficient (Wildman–Crippen LogP) is 9.31. The van der Waals surface area contributed by atoms with Gasteiger partial charge in [0.2, 0.25) is 0 Å². The van der Waals surface area contributed by atoms with E-state index >= 15 is 0 Å². The minimum absolute atomic E-state index is 0.241. The van der Waals surface area contributed by atoms with E-state index in [0.29, 0.717) is 18.3 Å². The Bertz CT molecular complexity index is 1160. The highest BCUT2D eigenvalue weighted by molar-refractivity contribution is 5.70. The van der Waals surface area contributed by atoms with Crippen molar-refractivity contribution in [3.8, 4) is 11.1 Å². The van der Waals surface area contributed by atoms with Crippen LogP contribution in [0, 0.1) is 5.92 Å². The van der Waals surface area contributed by atoms with Crippen molar-refractivity contribution in [2.24, 2.45) is 5.92 Å². The van der Waals surface area contributed by atoms with Crippen LogP contribution in [-0.2, 0) is 35.2 Å². The standard InChI is InChI=1S/C38H54O3/c1-7-30-16-18-32(19-17-30)33-20-21-38(31(8-2)25-33)36-26-34(13-11-23-40-6)37(15-9-10-22-39)35(27-36)14-12-24-41-29(5)28(3)4/h16,18,20-21,25-27,30,32,39H,3,5,7-15,17,19,22-24H2,1-2,4,6H3. The highest BCUT2D eigenvalue weighted by atomic mass is 16.5. The Morgan fingerprint density at radius 2 is 1.61 bits per heavy atom. The Kier molecular flexibility index (Phi) is 13.9. The fourth-order valence-electron chi connectivity index (χ4n) is 6.04. The first-order valence-corrected chi connectivity index (χ1v) is 15.9. The number of hydrogen-bond donors (Lipinski definition) is 1. The molecule has 3 nitrogen and oxygen atoms in total. The van der Waals surface area contributed by atoms with E-state index in [9.17, 15) is 5.11 Å². The van der Waals surface area contributed by atoms with E-state index < -0.39 is 0 Å². The van der Waals surface area contributed by atoms with Gasteiger partial charge in [-0.05, 0) is 128 Å². The Hall–Kier alpha value is -2.62. The molecule has 0 aromatic heterocycles. The van der Waals surface area contributed by atoms with Crippen molar-refractivity contribution in [3.63, 3.8) is 0 Å². The summed E-state index contributed by atoms with van der Waals surface area (Å²) in [6.07, 6.45) is 16.4. The number of unbranched alkanes of at least 4 members (excludes halogenated alkanes) is 1. The molecule has 3 heteroatoms. The summed E-state index contributed by atoms with van der Waals surface area (Å²) in [5.74, 6) is 1.94. The van der Waals surface area contributed by atoms with Crippen molar-refractivity contribution < 1.29 is 14.6 Å². The number of benzene rings is 2. The van der Waals surface area contributed by atoms with Gasteiger partial charge in [0.05, 0.1) is 6.61 Å². The van der Waals surface area contributed by atoms with Crippen molar-refractivity contribution in [1.29, 1.82) is 0 Å². The Morgan fingerprint density at radius 1 is 0.878 bits per heavy atom. The molecule has 0 aliphatic heterocycles. The Labute approximate surface area is 250 Å². The van der Waals surface area contributed by atoms with Gasteiger partial charge in [0.25, 0.3) is 0 Å². The zero-order valence-corrected chi connectivity index (χ0v) is 26.3. The SMILES string of the molecule is C=C(C)C(=C)OCCCc1cc(-c2ccc(C3C=CC(CC)CC3)cc2CC)cc(CCCOC)c1CCCCO.